The lowest BCUT2D eigenvalue weighted by Gasteiger charge is -2.34. The van der Waals surface area contributed by atoms with Crippen LogP contribution in [-0.4, -0.2) is 28.4 Å². The number of nitrogens with zero attached hydrogens (tertiary/aromatic N) is 1. The molecule has 1 N–H and O–H groups in total. The number of carbonyl (C=O) groups is 2. The first kappa shape index (κ1) is 11.6. The Bertz CT molecular complexity index is 456. The van der Waals surface area contributed by atoms with Crippen molar-refractivity contribution < 1.29 is 14.7 Å². The van der Waals surface area contributed by atoms with Crippen molar-refractivity contribution in [1.82, 2.24) is 4.90 Å². The summed E-state index contributed by atoms with van der Waals surface area (Å²) >= 11 is 0. The fraction of sp³-hybridized carbons (Fsp3) is 0.385. The molecule has 2 rings (SSSR count). The van der Waals surface area contributed by atoms with Crippen LogP contribution < -0.4 is 0 Å². The summed E-state index contributed by atoms with van der Waals surface area (Å²) in [6.07, 6.45) is 1.07. The summed E-state index contributed by atoms with van der Waals surface area (Å²) in [5, 5.41) is 9.31. The number of carboxylic acids is 1. The molecule has 1 aromatic carbocycles. The summed E-state index contributed by atoms with van der Waals surface area (Å²) in [7, 11) is 0. The van der Waals surface area contributed by atoms with Crippen LogP contribution in [0.15, 0.2) is 24.3 Å². The van der Waals surface area contributed by atoms with E-state index in [4.69, 9.17) is 0 Å². The molecule has 90 valence electrons. The molecule has 1 aliphatic rings. The molecule has 0 aromatic heterocycles. The molecule has 1 unspecified atom stereocenters. The van der Waals surface area contributed by atoms with Crippen molar-refractivity contribution in [2.24, 2.45) is 0 Å². The van der Waals surface area contributed by atoms with Gasteiger partial charge in [0, 0.05) is 13.0 Å². The first-order valence-corrected chi connectivity index (χ1v) is 5.75. The smallest absolute Gasteiger partial charge is 0.331 e. The van der Waals surface area contributed by atoms with Gasteiger partial charge in [0.05, 0.1) is 0 Å². The van der Waals surface area contributed by atoms with Crippen LogP contribution in [0.5, 0.6) is 0 Å². The highest BCUT2D eigenvalue weighted by Gasteiger charge is 2.34. The van der Waals surface area contributed by atoms with E-state index in [0.29, 0.717) is 13.0 Å². The van der Waals surface area contributed by atoms with Crippen LogP contribution in [0.4, 0.5) is 0 Å². The van der Waals surface area contributed by atoms with Gasteiger partial charge in [0.1, 0.15) is 0 Å². The van der Waals surface area contributed by atoms with Gasteiger partial charge < -0.3 is 10.0 Å². The molecule has 1 heterocycles. The number of hydrogen-bond acceptors (Lipinski definition) is 2. The molecule has 0 saturated carbocycles. The van der Waals surface area contributed by atoms with Crippen molar-refractivity contribution in [3.63, 3.8) is 0 Å². The lowest BCUT2D eigenvalue weighted by molar-refractivity contribution is -0.151. The van der Waals surface area contributed by atoms with Crippen molar-refractivity contribution in [2.45, 2.75) is 25.8 Å². The Kier molecular flexibility index (Phi) is 3.13. The predicted molar refractivity (Wildman–Crippen MR) is 62.5 cm³/mol. The molecule has 1 atom stereocenters. The Hall–Kier alpha value is -1.84. The Labute approximate surface area is 99.9 Å². The first-order valence-electron chi connectivity index (χ1n) is 5.75. The van der Waals surface area contributed by atoms with Gasteiger partial charge in [-0.15, -0.1) is 0 Å². The topological polar surface area (TPSA) is 57.6 Å². The van der Waals surface area contributed by atoms with Gasteiger partial charge >= 0.3 is 5.97 Å². The minimum absolute atomic E-state index is 0.105. The summed E-state index contributed by atoms with van der Waals surface area (Å²) in [6, 6.07) is 6.61. The number of benzene rings is 1. The quantitative estimate of drug-likeness (QED) is 0.844. The first-order chi connectivity index (χ1) is 8.15. The second kappa shape index (κ2) is 4.57. The van der Waals surface area contributed by atoms with Gasteiger partial charge in [0.15, 0.2) is 6.04 Å². The van der Waals surface area contributed by atoms with Crippen LogP contribution >= 0.6 is 0 Å². The number of fused-ring (bicyclic) bond motifs is 1. The van der Waals surface area contributed by atoms with Crippen LogP contribution in [0.3, 0.4) is 0 Å². The number of carboxylic acid groups (broad SMARTS) is 1. The number of amides is 1. The van der Waals surface area contributed by atoms with Gasteiger partial charge in [-0.05, 0) is 17.5 Å². The molecule has 0 saturated heterocycles. The molecule has 1 aliphatic heterocycles. The zero-order chi connectivity index (χ0) is 12.4. The van der Waals surface area contributed by atoms with Crippen LogP contribution in [0.1, 0.15) is 30.5 Å². The highest BCUT2D eigenvalue weighted by molar-refractivity contribution is 5.85. The minimum Gasteiger partial charge on any atom is -0.479 e. The average Bonchev–Trinajstić information content (AvgIpc) is 2.36. The Morgan fingerprint density at radius 1 is 1.41 bits per heavy atom. The van der Waals surface area contributed by atoms with Gasteiger partial charge in [0.2, 0.25) is 5.91 Å². The second-order valence-electron chi connectivity index (χ2n) is 4.13. The SMILES string of the molecule is CCC(=O)N1CCc2ccccc2C1C(=O)O. The molecule has 0 spiro atoms. The third kappa shape index (κ3) is 2.02. The van der Waals surface area contributed by atoms with E-state index >= 15 is 0 Å². The van der Waals surface area contributed by atoms with E-state index in [-0.39, 0.29) is 5.91 Å². The molecule has 1 amide bonds. The number of rotatable bonds is 2. The minimum atomic E-state index is -0.959. The van der Waals surface area contributed by atoms with E-state index in [9.17, 15) is 14.7 Å². The van der Waals surface area contributed by atoms with Gasteiger partial charge in [0.25, 0.3) is 0 Å². The highest BCUT2D eigenvalue weighted by Crippen LogP contribution is 2.30. The standard InChI is InChI=1S/C13H15NO3/c1-2-11(15)14-8-7-9-5-3-4-6-10(9)12(14)13(16)17/h3-6,12H,2,7-8H2,1H3,(H,16,17). The maximum atomic E-state index is 11.8. The average molecular weight is 233 g/mol. The maximum Gasteiger partial charge on any atom is 0.331 e. The fourth-order valence-electron chi connectivity index (χ4n) is 2.30. The predicted octanol–water partition coefficient (Wildman–Crippen LogP) is 1.61. The van der Waals surface area contributed by atoms with Crippen LogP contribution in [-0.2, 0) is 16.0 Å². The number of hydrogen-bond donors (Lipinski definition) is 1. The Balaban J connectivity index is 2.43. The molecular weight excluding hydrogens is 218 g/mol. The molecule has 1 aromatic rings. The Morgan fingerprint density at radius 2 is 2.12 bits per heavy atom. The molecule has 0 aliphatic carbocycles. The lowest BCUT2D eigenvalue weighted by Crippen LogP contribution is -2.43. The summed E-state index contributed by atoms with van der Waals surface area (Å²) in [5.41, 5.74) is 1.77. The molecular formula is C13H15NO3. The molecule has 4 nitrogen and oxygen atoms in total. The summed E-state index contributed by atoms with van der Waals surface area (Å²) < 4.78 is 0. The molecule has 17 heavy (non-hydrogen) atoms. The van der Waals surface area contributed by atoms with Crippen LogP contribution in [0, 0.1) is 0 Å². The number of aliphatic carboxylic acids is 1. The van der Waals surface area contributed by atoms with E-state index in [0.717, 1.165) is 17.5 Å². The lowest BCUT2D eigenvalue weighted by atomic mass is 9.92. The molecule has 0 bridgehead atoms. The maximum absolute atomic E-state index is 11.8. The van der Waals surface area contributed by atoms with Gasteiger partial charge in [-0.25, -0.2) is 4.79 Å². The van der Waals surface area contributed by atoms with Gasteiger partial charge in [-0.1, -0.05) is 31.2 Å². The van der Waals surface area contributed by atoms with E-state index in [1.54, 1.807) is 13.0 Å². The van der Waals surface area contributed by atoms with Crippen molar-refractivity contribution in [1.29, 1.82) is 0 Å². The van der Waals surface area contributed by atoms with Gasteiger partial charge in [-0.2, -0.15) is 0 Å². The summed E-state index contributed by atoms with van der Waals surface area (Å²) in [5.74, 6) is -1.06. The van der Waals surface area contributed by atoms with Crippen molar-refractivity contribution >= 4 is 11.9 Å². The van der Waals surface area contributed by atoms with Crippen LogP contribution in [0.25, 0.3) is 0 Å². The monoisotopic (exact) mass is 233 g/mol. The van der Waals surface area contributed by atoms with Crippen molar-refractivity contribution in [3.8, 4) is 0 Å². The van der Waals surface area contributed by atoms with E-state index in [1.807, 2.05) is 18.2 Å². The van der Waals surface area contributed by atoms with E-state index in [2.05, 4.69) is 0 Å². The third-order valence-electron chi connectivity index (χ3n) is 3.14. The summed E-state index contributed by atoms with van der Waals surface area (Å²) in [4.78, 5) is 24.6. The largest absolute Gasteiger partial charge is 0.479 e. The third-order valence-corrected chi connectivity index (χ3v) is 3.14. The molecule has 0 radical (unpaired) electrons. The Morgan fingerprint density at radius 3 is 2.76 bits per heavy atom. The highest BCUT2D eigenvalue weighted by atomic mass is 16.4. The fourth-order valence-corrected chi connectivity index (χ4v) is 2.30. The van der Waals surface area contributed by atoms with E-state index in [1.165, 1.54) is 4.90 Å². The normalized spacial score (nSPS) is 18.6. The zero-order valence-electron chi connectivity index (χ0n) is 9.72. The van der Waals surface area contributed by atoms with E-state index < -0.39 is 12.0 Å². The molecule has 4 heteroatoms. The zero-order valence-corrected chi connectivity index (χ0v) is 9.72. The van der Waals surface area contributed by atoms with Crippen molar-refractivity contribution in [3.05, 3.63) is 35.4 Å². The van der Waals surface area contributed by atoms with Crippen LogP contribution in [0.2, 0.25) is 0 Å². The number of carbonyl (C=O) groups excluding carboxylic acids is 1. The van der Waals surface area contributed by atoms with Gasteiger partial charge in [-0.3, -0.25) is 4.79 Å². The van der Waals surface area contributed by atoms with Crippen molar-refractivity contribution in [2.75, 3.05) is 6.54 Å². The molecule has 0 fully saturated rings. The summed E-state index contributed by atoms with van der Waals surface area (Å²) in [6.45, 7) is 2.24. The second-order valence-corrected chi connectivity index (χ2v) is 4.13.